The summed E-state index contributed by atoms with van der Waals surface area (Å²) in [6.07, 6.45) is -0.0623. The summed E-state index contributed by atoms with van der Waals surface area (Å²) in [6.45, 7) is 5.17. The third-order valence-electron chi connectivity index (χ3n) is 4.84. The average Bonchev–Trinajstić information content (AvgIpc) is 2.65. The van der Waals surface area contributed by atoms with E-state index in [1.165, 1.54) is 12.1 Å². The molecule has 6 nitrogen and oxygen atoms in total. The lowest BCUT2D eigenvalue weighted by atomic mass is 10.1. The zero-order valence-corrected chi connectivity index (χ0v) is 15.4. The van der Waals surface area contributed by atoms with E-state index in [9.17, 15) is 14.0 Å². The summed E-state index contributed by atoms with van der Waals surface area (Å²) < 4.78 is 19.1. The van der Waals surface area contributed by atoms with Gasteiger partial charge in [0.15, 0.2) is 0 Å². The maximum Gasteiger partial charge on any atom is 0.236 e. The van der Waals surface area contributed by atoms with E-state index in [1.807, 2.05) is 0 Å². The molecule has 0 spiro atoms. The standard InChI is InChI=1S/C18H23ClFN3O3/c19-15-2-1-3-16(20)14(15)12-17(24)22-4-6-23(7-5-22)18(25)13-21-8-10-26-11-9-21/h1-3H,4-13H2. The molecule has 0 bridgehead atoms. The Labute approximate surface area is 157 Å². The second-order valence-electron chi connectivity index (χ2n) is 6.53. The molecule has 1 aromatic rings. The molecular weight excluding hydrogens is 361 g/mol. The van der Waals surface area contributed by atoms with Crippen molar-refractivity contribution in [2.45, 2.75) is 6.42 Å². The van der Waals surface area contributed by atoms with Crippen molar-refractivity contribution in [2.75, 3.05) is 59.0 Å². The Morgan fingerprint density at radius 2 is 1.62 bits per heavy atom. The van der Waals surface area contributed by atoms with Crippen LogP contribution >= 0.6 is 11.6 Å². The predicted molar refractivity (Wildman–Crippen MR) is 95.5 cm³/mol. The van der Waals surface area contributed by atoms with Gasteiger partial charge in [0.2, 0.25) is 11.8 Å². The van der Waals surface area contributed by atoms with E-state index in [0.717, 1.165) is 13.1 Å². The van der Waals surface area contributed by atoms with Crippen LogP contribution in [0.25, 0.3) is 0 Å². The van der Waals surface area contributed by atoms with Gasteiger partial charge in [-0.3, -0.25) is 14.5 Å². The lowest BCUT2D eigenvalue weighted by molar-refractivity contribution is -0.140. The van der Waals surface area contributed by atoms with Gasteiger partial charge in [-0.1, -0.05) is 17.7 Å². The van der Waals surface area contributed by atoms with Crippen LogP contribution in [-0.4, -0.2) is 85.5 Å². The van der Waals surface area contributed by atoms with Crippen LogP contribution in [0.5, 0.6) is 0 Å². The predicted octanol–water partition coefficient (Wildman–Crippen LogP) is 1.02. The van der Waals surface area contributed by atoms with Crippen molar-refractivity contribution in [3.8, 4) is 0 Å². The van der Waals surface area contributed by atoms with E-state index < -0.39 is 5.82 Å². The van der Waals surface area contributed by atoms with E-state index in [2.05, 4.69) is 4.90 Å². The number of hydrogen-bond acceptors (Lipinski definition) is 4. The quantitative estimate of drug-likeness (QED) is 0.779. The maximum absolute atomic E-state index is 13.8. The molecule has 0 unspecified atom stereocenters. The summed E-state index contributed by atoms with van der Waals surface area (Å²) in [5.74, 6) is -0.557. The molecule has 2 aliphatic rings. The number of carbonyl (C=O) groups is 2. The molecule has 0 aliphatic carbocycles. The Kier molecular flexibility index (Phi) is 6.45. The average molecular weight is 384 g/mol. The molecule has 8 heteroatoms. The van der Waals surface area contributed by atoms with Gasteiger partial charge in [0.1, 0.15) is 5.82 Å². The molecule has 0 saturated carbocycles. The van der Waals surface area contributed by atoms with Gasteiger partial charge in [-0.2, -0.15) is 0 Å². The minimum absolute atomic E-state index is 0.0623. The van der Waals surface area contributed by atoms with Gasteiger partial charge in [-0.25, -0.2) is 4.39 Å². The van der Waals surface area contributed by atoms with Crippen LogP contribution in [0, 0.1) is 5.82 Å². The summed E-state index contributed by atoms with van der Waals surface area (Å²) in [4.78, 5) is 30.4. The monoisotopic (exact) mass is 383 g/mol. The zero-order chi connectivity index (χ0) is 18.5. The smallest absolute Gasteiger partial charge is 0.236 e. The van der Waals surface area contributed by atoms with Crippen LogP contribution < -0.4 is 0 Å². The SMILES string of the molecule is O=C(Cc1c(F)cccc1Cl)N1CCN(C(=O)CN2CCOCC2)CC1. The number of amides is 2. The molecule has 2 heterocycles. The van der Waals surface area contributed by atoms with E-state index in [4.69, 9.17) is 16.3 Å². The minimum atomic E-state index is -0.467. The van der Waals surface area contributed by atoms with E-state index in [1.54, 1.807) is 15.9 Å². The van der Waals surface area contributed by atoms with Gasteiger partial charge in [0, 0.05) is 49.9 Å². The molecule has 2 aliphatic heterocycles. The van der Waals surface area contributed by atoms with Crippen molar-refractivity contribution < 1.29 is 18.7 Å². The van der Waals surface area contributed by atoms with Crippen LogP contribution in [0.2, 0.25) is 5.02 Å². The summed E-state index contributed by atoms with van der Waals surface area (Å²) in [6, 6.07) is 4.40. The highest BCUT2D eigenvalue weighted by molar-refractivity contribution is 6.31. The molecule has 2 saturated heterocycles. The number of piperazine rings is 1. The van der Waals surface area contributed by atoms with Crippen LogP contribution in [0.4, 0.5) is 4.39 Å². The van der Waals surface area contributed by atoms with Crippen LogP contribution in [0.1, 0.15) is 5.56 Å². The second-order valence-corrected chi connectivity index (χ2v) is 6.93. The fraction of sp³-hybridized carbons (Fsp3) is 0.556. The largest absolute Gasteiger partial charge is 0.379 e. The van der Waals surface area contributed by atoms with Gasteiger partial charge in [-0.05, 0) is 12.1 Å². The van der Waals surface area contributed by atoms with E-state index in [-0.39, 0.29) is 28.8 Å². The minimum Gasteiger partial charge on any atom is -0.379 e. The Morgan fingerprint density at radius 3 is 2.23 bits per heavy atom. The molecule has 1 aromatic carbocycles. The number of benzene rings is 1. The van der Waals surface area contributed by atoms with Gasteiger partial charge >= 0.3 is 0 Å². The molecule has 2 fully saturated rings. The van der Waals surface area contributed by atoms with Crippen molar-refractivity contribution in [1.29, 1.82) is 0 Å². The van der Waals surface area contributed by atoms with Crippen molar-refractivity contribution in [3.63, 3.8) is 0 Å². The number of nitrogens with zero attached hydrogens (tertiary/aromatic N) is 3. The maximum atomic E-state index is 13.8. The first-order valence-electron chi connectivity index (χ1n) is 8.83. The molecule has 142 valence electrons. The van der Waals surface area contributed by atoms with Gasteiger partial charge in [-0.15, -0.1) is 0 Å². The molecule has 26 heavy (non-hydrogen) atoms. The first-order chi connectivity index (χ1) is 12.5. The Bertz CT molecular complexity index is 639. The Balaban J connectivity index is 1.48. The van der Waals surface area contributed by atoms with Crippen molar-refractivity contribution in [2.24, 2.45) is 0 Å². The van der Waals surface area contributed by atoms with Crippen molar-refractivity contribution in [1.82, 2.24) is 14.7 Å². The molecule has 2 amide bonds. The highest BCUT2D eigenvalue weighted by Gasteiger charge is 2.26. The number of carbonyl (C=O) groups excluding carboxylic acids is 2. The molecular formula is C18H23ClFN3O3. The fourth-order valence-electron chi connectivity index (χ4n) is 3.22. The fourth-order valence-corrected chi connectivity index (χ4v) is 3.45. The normalized spacial score (nSPS) is 18.8. The summed E-state index contributed by atoms with van der Waals surface area (Å²) in [7, 11) is 0. The molecule has 0 N–H and O–H groups in total. The summed E-state index contributed by atoms with van der Waals surface area (Å²) in [5, 5.41) is 0.262. The number of halogens is 2. The number of morpholine rings is 1. The molecule has 3 rings (SSSR count). The topological polar surface area (TPSA) is 53.1 Å². The summed E-state index contributed by atoms with van der Waals surface area (Å²) in [5.41, 5.74) is 0.227. The van der Waals surface area contributed by atoms with Crippen molar-refractivity contribution in [3.05, 3.63) is 34.6 Å². The number of rotatable bonds is 4. The number of ether oxygens (including phenoxy) is 1. The van der Waals surface area contributed by atoms with E-state index >= 15 is 0 Å². The third-order valence-corrected chi connectivity index (χ3v) is 5.19. The Morgan fingerprint density at radius 1 is 1.00 bits per heavy atom. The second kappa shape index (κ2) is 8.79. The lowest BCUT2D eigenvalue weighted by Crippen LogP contribution is -2.53. The molecule has 0 atom stereocenters. The first-order valence-corrected chi connectivity index (χ1v) is 9.21. The highest BCUT2D eigenvalue weighted by atomic mass is 35.5. The van der Waals surface area contributed by atoms with Gasteiger partial charge < -0.3 is 14.5 Å². The Hall–Kier alpha value is -1.70. The van der Waals surface area contributed by atoms with E-state index in [0.29, 0.717) is 45.9 Å². The van der Waals surface area contributed by atoms with Gasteiger partial charge in [0.05, 0.1) is 26.2 Å². The highest BCUT2D eigenvalue weighted by Crippen LogP contribution is 2.20. The molecule has 0 aromatic heterocycles. The van der Waals surface area contributed by atoms with Gasteiger partial charge in [0.25, 0.3) is 0 Å². The summed E-state index contributed by atoms with van der Waals surface area (Å²) >= 11 is 5.99. The van der Waals surface area contributed by atoms with Crippen LogP contribution in [0.3, 0.4) is 0 Å². The van der Waals surface area contributed by atoms with Crippen molar-refractivity contribution >= 4 is 23.4 Å². The van der Waals surface area contributed by atoms with Crippen LogP contribution in [0.15, 0.2) is 18.2 Å². The first kappa shape index (κ1) is 19.1. The lowest BCUT2D eigenvalue weighted by Gasteiger charge is -2.36. The molecule has 0 radical (unpaired) electrons. The number of hydrogen-bond donors (Lipinski definition) is 0. The zero-order valence-electron chi connectivity index (χ0n) is 14.6. The third kappa shape index (κ3) is 4.72. The van der Waals surface area contributed by atoms with Crippen LogP contribution in [-0.2, 0) is 20.7 Å².